The Morgan fingerprint density at radius 3 is 2.46 bits per heavy atom. The summed E-state index contributed by atoms with van der Waals surface area (Å²) in [5.74, 6) is 0.0531. The van der Waals surface area contributed by atoms with Gasteiger partial charge in [-0.15, -0.1) is 0 Å². The predicted octanol–water partition coefficient (Wildman–Crippen LogP) is 6.36. The van der Waals surface area contributed by atoms with E-state index in [1.165, 1.54) is 18.2 Å². The first-order chi connectivity index (χ1) is 18.0. The smallest absolute Gasteiger partial charge is 0.262 e. The van der Waals surface area contributed by atoms with Crippen molar-refractivity contribution in [3.05, 3.63) is 102 Å². The molecule has 0 spiro atoms. The van der Waals surface area contributed by atoms with E-state index in [4.69, 9.17) is 9.97 Å². The van der Waals surface area contributed by atoms with Crippen LogP contribution in [0.2, 0.25) is 0 Å². The van der Waals surface area contributed by atoms with Gasteiger partial charge in [-0.3, -0.25) is 4.79 Å². The summed E-state index contributed by atoms with van der Waals surface area (Å²) in [5.41, 5.74) is 5.66. The number of anilines is 1. The van der Waals surface area contributed by atoms with Gasteiger partial charge < -0.3 is 15.1 Å². The zero-order chi connectivity index (χ0) is 25.5. The molecule has 0 radical (unpaired) electrons. The monoisotopic (exact) mass is 487 g/mol. The Labute approximate surface area is 214 Å². The lowest BCUT2D eigenvalue weighted by Crippen LogP contribution is -2.42. The molecule has 6 heteroatoms. The molecule has 0 aliphatic carbocycles. The van der Waals surface area contributed by atoms with Gasteiger partial charge in [0, 0.05) is 34.3 Å². The highest BCUT2D eigenvalue weighted by molar-refractivity contribution is 6.09. The molecule has 2 heterocycles. The van der Waals surface area contributed by atoms with Gasteiger partial charge in [-0.1, -0.05) is 54.6 Å². The average Bonchev–Trinajstić information content (AvgIpc) is 2.92. The van der Waals surface area contributed by atoms with Crippen LogP contribution in [0.4, 0.5) is 5.69 Å². The largest absolute Gasteiger partial charge is 0.508 e. The van der Waals surface area contributed by atoms with Crippen LogP contribution < -0.4 is 4.90 Å². The molecule has 1 aliphatic rings. The van der Waals surface area contributed by atoms with E-state index in [1.807, 2.05) is 73.7 Å². The minimum Gasteiger partial charge on any atom is -0.508 e. The van der Waals surface area contributed by atoms with Crippen LogP contribution in [0.5, 0.6) is 11.5 Å². The van der Waals surface area contributed by atoms with Crippen LogP contribution in [0.3, 0.4) is 0 Å². The van der Waals surface area contributed by atoms with Crippen molar-refractivity contribution < 1.29 is 15.0 Å². The Kier molecular flexibility index (Phi) is 5.57. The number of hydrogen-bond donors (Lipinski definition) is 2. The van der Waals surface area contributed by atoms with E-state index < -0.39 is 0 Å². The summed E-state index contributed by atoms with van der Waals surface area (Å²) in [7, 11) is 0. The number of nitrogens with zero attached hydrogens (tertiary/aromatic N) is 3. The van der Waals surface area contributed by atoms with Crippen molar-refractivity contribution >= 4 is 22.5 Å². The van der Waals surface area contributed by atoms with Crippen molar-refractivity contribution in [2.24, 2.45) is 0 Å². The second-order valence-electron chi connectivity index (χ2n) is 9.39. The van der Waals surface area contributed by atoms with Crippen molar-refractivity contribution in [1.29, 1.82) is 0 Å². The van der Waals surface area contributed by atoms with Crippen molar-refractivity contribution in [3.63, 3.8) is 0 Å². The number of phenols is 2. The topological polar surface area (TPSA) is 86.6 Å². The van der Waals surface area contributed by atoms with Crippen LogP contribution in [0.1, 0.15) is 29.3 Å². The summed E-state index contributed by atoms with van der Waals surface area (Å²) in [6.07, 6.45) is 1.62. The molecule has 0 unspecified atom stereocenters. The van der Waals surface area contributed by atoms with Crippen molar-refractivity contribution in [2.45, 2.75) is 25.8 Å². The third-order valence-electron chi connectivity index (χ3n) is 6.95. The van der Waals surface area contributed by atoms with Gasteiger partial charge in [-0.05, 0) is 55.7 Å². The van der Waals surface area contributed by atoms with E-state index >= 15 is 0 Å². The Balaban J connectivity index is 1.46. The lowest BCUT2D eigenvalue weighted by atomic mass is 9.92. The van der Waals surface area contributed by atoms with Crippen molar-refractivity contribution in [3.8, 4) is 34.1 Å². The van der Waals surface area contributed by atoms with E-state index in [2.05, 4.69) is 6.07 Å². The summed E-state index contributed by atoms with van der Waals surface area (Å²) in [6.45, 7) is 2.01. The van der Waals surface area contributed by atoms with Gasteiger partial charge in [0.05, 0.1) is 16.8 Å². The number of aromatic nitrogens is 2. The molecule has 5 aromatic rings. The molecule has 0 fully saturated rings. The fourth-order valence-corrected chi connectivity index (χ4v) is 5.05. The van der Waals surface area contributed by atoms with Crippen molar-refractivity contribution in [2.75, 3.05) is 4.90 Å². The highest BCUT2D eigenvalue weighted by Crippen LogP contribution is 2.38. The second-order valence-corrected chi connectivity index (χ2v) is 9.39. The molecule has 0 bridgehead atoms. The summed E-state index contributed by atoms with van der Waals surface area (Å²) in [5, 5.41) is 20.9. The van der Waals surface area contributed by atoms with Gasteiger partial charge in [0.15, 0.2) is 5.82 Å². The van der Waals surface area contributed by atoms with Crippen LogP contribution in [0.25, 0.3) is 33.5 Å². The minimum absolute atomic E-state index is 0.0383. The summed E-state index contributed by atoms with van der Waals surface area (Å²) >= 11 is 0. The molecule has 0 saturated heterocycles. The number of aromatic hydroxyl groups is 2. The van der Waals surface area contributed by atoms with E-state index in [1.54, 1.807) is 4.90 Å². The number of amides is 1. The summed E-state index contributed by atoms with van der Waals surface area (Å²) < 4.78 is 0. The first-order valence-electron chi connectivity index (χ1n) is 12.3. The summed E-state index contributed by atoms with van der Waals surface area (Å²) in [6, 6.07) is 28.0. The average molecular weight is 488 g/mol. The maximum Gasteiger partial charge on any atom is 0.262 e. The summed E-state index contributed by atoms with van der Waals surface area (Å²) in [4.78, 5) is 25.0. The van der Waals surface area contributed by atoms with E-state index in [9.17, 15) is 15.0 Å². The quantitative estimate of drug-likeness (QED) is 0.309. The number of benzene rings is 4. The van der Waals surface area contributed by atoms with Crippen LogP contribution in [0, 0.1) is 0 Å². The normalized spacial score (nSPS) is 14.9. The molecule has 0 saturated carbocycles. The Bertz CT molecular complexity index is 1650. The maximum absolute atomic E-state index is 13.5. The zero-order valence-corrected chi connectivity index (χ0v) is 20.3. The molecule has 182 valence electrons. The Morgan fingerprint density at radius 2 is 1.65 bits per heavy atom. The molecule has 2 N–H and O–H groups in total. The second kappa shape index (κ2) is 9.06. The van der Waals surface area contributed by atoms with E-state index in [0.717, 1.165) is 51.8 Å². The standard InChI is InChI=1S/C31H25N3O3/c1-19-11-12-21-17-22(13-16-27(21)34(19)31(37)25-15-14-23(35)18-28(25)36)29-24-9-5-6-10-26(24)32-30(33-29)20-7-3-2-4-8-20/h2-10,13-19,35-36H,11-12H2,1H3/t19-/m0/s1. The lowest BCUT2D eigenvalue weighted by Gasteiger charge is -2.35. The molecular weight excluding hydrogens is 462 g/mol. The van der Waals surface area contributed by atoms with Gasteiger partial charge >= 0.3 is 0 Å². The van der Waals surface area contributed by atoms with Crippen LogP contribution in [0.15, 0.2) is 91.0 Å². The number of hydrogen-bond acceptors (Lipinski definition) is 5. The number of rotatable bonds is 3. The van der Waals surface area contributed by atoms with Crippen LogP contribution in [-0.4, -0.2) is 32.1 Å². The van der Waals surface area contributed by atoms with Gasteiger partial charge in [0.2, 0.25) is 0 Å². The Hall–Kier alpha value is -4.71. The molecule has 1 amide bonds. The maximum atomic E-state index is 13.5. The fourth-order valence-electron chi connectivity index (χ4n) is 5.05. The third-order valence-corrected chi connectivity index (χ3v) is 6.95. The highest BCUT2D eigenvalue weighted by atomic mass is 16.3. The number of carbonyl (C=O) groups excluding carboxylic acids is 1. The number of carbonyl (C=O) groups is 1. The molecular formula is C31H25N3O3. The lowest BCUT2D eigenvalue weighted by molar-refractivity contribution is 0.0972. The highest BCUT2D eigenvalue weighted by Gasteiger charge is 2.31. The number of fused-ring (bicyclic) bond motifs is 2. The first-order valence-corrected chi connectivity index (χ1v) is 12.3. The first kappa shape index (κ1) is 22.7. The molecule has 6 rings (SSSR count). The number of aryl methyl sites for hydroxylation is 1. The molecule has 1 atom stereocenters. The van der Waals surface area contributed by atoms with Crippen LogP contribution >= 0.6 is 0 Å². The van der Waals surface area contributed by atoms with Gasteiger partial charge in [-0.2, -0.15) is 0 Å². The Morgan fingerprint density at radius 1 is 0.865 bits per heavy atom. The van der Waals surface area contributed by atoms with Gasteiger partial charge in [-0.25, -0.2) is 9.97 Å². The predicted molar refractivity (Wildman–Crippen MR) is 145 cm³/mol. The minimum atomic E-state index is -0.294. The fraction of sp³-hybridized carbons (Fsp3) is 0.129. The SMILES string of the molecule is C[C@H]1CCc2cc(-c3nc(-c4ccccc4)nc4ccccc34)ccc2N1C(=O)c1ccc(O)cc1O. The molecule has 37 heavy (non-hydrogen) atoms. The zero-order valence-electron chi connectivity index (χ0n) is 20.3. The molecule has 1 aromatic heterocycles. The third kappa shape index (κ3) is 4.06. The number of para-hydroxylation sites is 1. The van der Waals surface area contributed by atoms with E-state index in [-0.39, 0.29) is 29.0 Å². The van der Waals surface area contributed by atoms with Crippen LogP contribution in [-0.2, 0) is 6.42 Å². The van der Waals surface area contributed by atoms with Crippen molar-refractivity contribution in [1.82, 2.24) is 9.97 Å². The van der Waals surface area contributed by atoms with E-state index in [0.29, 0.717) is 5.82 Å². The van der Waals surface area contributed by atoms with Gasteiger partial charge in [0.1, 0.15) is 11.5 Å². The van der Waals surface area contributed by atoms with Gasteiger partial charge in [0.25, 0.3) is 5.91 Å². The molecule has 1 aliphatic heterocycles. The molecule has 6 nitrogen and oxygen atoms in total. The number of phenolic OH excluding ortho intramolecular Hbond substituents is 2. The molecule has 4 aromatic carbocycles.